The van der Waals surface area contributed by atoms with Crippen molar-refractivity contribution >= 4 is 34.9 Å². The zero-order valence-electron chi connectivity index (χ0n) is 14.5. The summed E-state index contributed by atoms with van der Waals surface area (Å²) in [5, 5.41) is 12.8. The van der Waals surface area contributed by atoms with Gasteiger partial charge in [-0.05, 0) is 30.3 Å². The third-order valence-corrected chi connectivity index (χ3v) is 4.44. The molecule has 0 atom stereocenters. The molecule has 1 heterocycles. The number of hydrogen-bond acceptors (Lipinski definition) is 3. The number of anilines is 1. The van der Waals surface area contributed by atoms with Crippen molar-refractivity contribution < 1.29 is 4.79 Å². The van der Waals surface area contributed by atoms with Crippen LogP contribution in [-0.2, 0) is 0 Å². The largest absolute Gasteiger partial charge is 0.303 e. The maximum atomic E-state index is 12.6. The zero-order chi connectivity index (χ0) is 19.5. The minimum atomic E-state index is -0.269. The Hall–Kier alpha value is -3.15. The van der Waals surface area contributed by atoms with Gasteiger partial charge in [0.2, 0.25) is 0 Å². The predicted octanol–water partition coefficient (Wildman–Crippen LogP) is 5.49. The number of hydrogen-bond donors (Lipinski definition) is 1. The van der Waals surface area contributed by atoms with E-state index in [0.29, 0.717) is 32.8 Å². The van der Waals surface area contributed by atoms with E-state index in [9.17, 15) is 4.79 Å². The standard InChI is InChI=1S/C21H14Cl2N4O/c22-16-11-17(23)13-18(12-16)27-25-19(14-7-3-1-4-8-14)20(26-27)24-21(28)15-9-5-2-6-10-15/h1-13H,(H,24,26,28). The van der Waals surface area contributed by atoms with E-state index >= 15 is 0 Å². The summed E-state index contributed by atoms with van der Waals surface area (Å²) in [5.74, 6) is 0.0742. The molecule has 4 rings (SSSR count). The average Bonchev–Trinajstić information content (AvgIpc) is 3.12. The van der Waals surface area contributed by atoms with Gasteiger partial charge in [0.15, 0.2) is 5.82 Å². The van der Waals surface area contributed by atoms with Gasteiger partial charge in [-0.15, -0.1) is 15.0 Å². The Labute approximate surface area is 171 Å². The third kappa shape index (κ3) is 3.91. The van der Waals surface area contributed by atoms with Gasteiger partial charge >= 0.3 is 0 Å². The lowest BCUT2D eigenvalue weighted by Crippen LogP contribution is -2.13. The molecule has 5 nitrogen and oxygen atoms in total. The van der Waals surface area contributed by atoms with Crippen LogP contribution in [0.25, 0.3) is 16.9 Å². The molecule has 0 spiro atoms. The second-order valence-electron chi connectivity index (χ2n) is 6.00. The molecular weight excluding hydrogens is 395 g/mol. The molecule has 0 unspecified atom stereocenters. The molecule has 138 valence electrons. The molecule has 0 saturated carbocycles. The maximum Gasteiger partial charge on any atom is 0.256 e. The first kappa shape index (κ1) is 18.2. The first-order valence-corrected chi connectivity index (χ1v) is 9.21. The Bertz CT molecular complexity index is 1110. The topological polar surface area (TPSA) is 59.8 Å². The number of amides is 1. The van der Waals surface area contributed by atoms with Gasteiger partial charge in [0.05, 0.1) is 5.69 Å². The minimum Gasteiger partial charge on any atom is -0.303 e. The van der Waals surface area contributed by atoms with Crippen LogP contribution >= 0.6 is 23.2 Å². The van der Waals surface area contributed by atoms with E-state index in [2.05, 4.69) is 15.5 Å². The number of nitrogens with one attached hydrogen (secondary N) is 1. The molecule has 4 aromatic rings. The van der Waals surface area contributed by atoms with Gasteiger partial charge in [-0.2, -0.15) is 0 Å². The Kier molecular flexibility index (Phi) is 5.10. The first-order valence-electron chi connectivity index (χ1n) is 8.46. The van der Waals surface area contributed by atoms with Crippen molar-refractivity contribution in [2.75, 3.05) is 5.32 Å². The molecule has 0 aliphatic rings. The van der Waals surface area contributed by atoms with Gasteiger partial charge < -0.3 is 5.32 Å². The smallest absolute Gasteiger partial charge is 0.256 e. The maximum absolute atomic E-state index is 12.6. The number of nitrogens with zero attached hydrogens (tertiary/aromatic N) is 3. The van der Waals surface area contributed by atoms with Crippen molar-refractivity contribution in [2.45, 2.75) is 0 Å². The summed E-state index contributed by atoms with van der Waals surface area (Å²) in [5.41, 5.74) is 2.49. The summed E-state index contributed by atoms with van der Waals surface area (Å²) in [6.45, 7) is 0. The Balaban J connectivity index is 1.77. The molecular formula is C21H14Cl2N4O. The normalized spacial score (nSPS) is 10.6. The lowest BCUT2D eigenvalue weighted by molar-refractivity contribution is 0.102. The van der Waals surface area contributed by atoms with Gasteiger partial charge in [0, 0.05) is 21.2 Å². The highest BCUT2D eigenvalue weighted by atomic mass is 35.5. The number of rotatable bonds is 4. The molecule has 0 fully saturated rings. The van der Waals surface area contributed by atoms with Gasteiger partial charge in [-0.1, -0.05) is 71.7 Å². The average molecular weight is 409 g/mol. The van der Waals surface area contributed by atoms with E-state index in [1.807, 2.05) is 36.4 Å². The van der Waals surface area contributed by atoms with E-state index in [1.54, 1.807) is 42.5 Å². The minimum absolute atomic E-state index is 0.269. The van der Waals surface area contributed by atoms with E-state index in [1.165, 1.54) is 4.80 Å². The predicted molar refractivity (Wildman–Crippen MR) is 111 cm³/mol. The summed E-state index contributed by atoms with van der Waals surface area (Å²) in [6.07, 6.45) is 0. The quantitative estimate of drug-likeness (QED) is 0.485. The van der Waals surface area contributed by atoms with Crippen molar-refractivity contribution in [1.82, 2.24) is 15.0 Å². The summed E-state index contributed by atoms with van der Waals surface area (Å²) in [4.78, 5) is 14.0. The number of halogens is 2. The Morgan fingerprint density at radius 1 is 0.821 bits per heavy atom. The molecule has 0 aliphatic carbocycles. The number of aromatic nitrogens is 3. The van der Waals surface area contributed by atoms with Gasteiger partial charge in [0.1, 0.15) is 5.69 Å². The third-order valence-electron chi connectivity index (χ3n) is 4.01. The molecule has 0 radical (unpaired) electrons. The highest BCUT2D eigenvalue weighted by Crippen LogP contribution is 2.27. The fourth-order valence-corrected chi connectivity index (χ4v) is 3.24. The zero-order valence-corrected chi connectivity index (χ0v) is 16.0. The van der Waals surface area contributed by atoms with Gasteiger partial charge in [-0.3, -0.25) is 4.79 Å². The second kappa shape index (κ2) is 7.84. The summed E-state index contributed by atoms with van der Waals surface area (Å²) in [7, 11) is 0. The van der Waals surface area contributed by atoms with Crippen LogP contribution in [0.15, 0.2) is 78.9 Å². The SMILES string of the molecule is O=C(Nc1nn(-c2cc(Cl)cc(Cl)c2)nc1-c1ccccc1)c1ccccc1. The molecule has 3 aromatic carbocycles. The summed E-state index contributed by atoms with van der Waals surface area (Å²) >= 11 is 12.2. The molecule has 28 heavy (non-hydrogen) atoms. The van der Waals surface area contributed by atoms with E-state index < -0.39 is 0 Å². The van der Waals surface area contributed by atoms with Crippen LogP contribution < -0.4 is 5.32 Å². The van der Waals surface area contributed by atoms with Crippen LogP contribution in [0.4, 0.5) is 5.82 Å². The molecule has 0 saturated heterocycles. The summed E-state index contributed by atoms with van der Waals surface area (Å²) < 4.78 is 0. The Morgan fingerprint density at radius 3 is 2.07 bits per heavy atom. The van der Waals surface area contributed by atoms with Crippen LogP contribution in [0.5, 0.6) is 0 Å². The lowest BCUT2D eigenvalue weighted by atomic mass is 10.1. The van der Waals surface area contributed by atoms with Crippen LogP contribution in [0.3, 0.4) is 0 Å². The van der Waals surface area contributed by atoms with Crippen LogP contribution in [0, 0.1) is 0 Å². The molecule has 1 amide bonds. The molecule has 1 aromatic heterocycles. The van der Waals surface area contributed by atoms with Crippen molar-refractivity contribution in [3.05, 3.63) is 94.5 Å². The van der Waals surface area contributed by atoms with Crippen molar-refractivity contribution in [3.8, 4) is 16.9 Å². The molecule has 0 bridgehead atoms. The van der Waals surface area contributed by atoms with Crippen LogP contribution in [0.2, 0.25) is 10.0 Å². The number of carbonyl (C=O) groups excluding carboxylic acids is 1. The fourth-order valence-electron chi connectivity index (χ4n) is 2.72. The van der Waals surface area contributed by atoms with E-state index in [4.69, 9.17) is 23.2 Å². The van der Waals surface area contributed by atoms with Gasteiger partial charge in [-0.25, -0.2) is 0 Å². The van der Waals surface area contributed by atoms with E-state index in [-0.39, 0.29) is 5.91 Å². The van der Waals surface area contributed by atoms with Gasteiger partial charge in [0.25, 0.3) is 5.91 Å². The van der Waals surface area contributed by atoms with E-state index in [0.717, 1.165) is 5.56 Å². The highest BCUT2D eigenvalue weighted by Gasteiger charge is 2.17. The first-order chi connectivity index (χ1) is 13.6. The molecule has 0 aliphatic heterocycles. The van der Waals surface area contributed by atoms with Crippen molar-refractivity contribution in [2.24, 2.45) is 0 Å². The number of carbonyl (C=O) groups is 1. The fraction of sp³-hybridized carbons (Fsp3) is 0. The van der Waals surface area contributed by atoms with Crippen LogP contribution in [-0.4, -0.2) is 20.9 Å². The highest BCUT2D eigenvalue weighted by molar-refractivity contribution is 6.34. The van der Waals surface area contributed by atoms with Crippen molar-refractivity contribution in [1.29, 1.82) is 0 Å². The lowest BCUT2D eigenvalue weighted by Gasteiger charge is -2.04. The second-order valence-corrected chi connectivity index (χ2v) is 6.87. The summed E-state index contributed by atoms with van der Waals surface area (Å²) in [6, 6.07) is 23.5. The molecule has 7 heteroatoms. The molecule has 1 N–H and O–H groups in total. The van der Waals surface area contributed by atoms with Crippen molar-refractivity contribution in [3.63, 3.8) is 0 Å². The number of benzene rings is 3. The monoisotopic (exact) mass is 408 g/mol. The Morgan fingerprint density at radius 2 is 1.43 bits per heavy atom. The van der Waals surface area contributed by atoms with Crippen LogP contribution in [0.1, 0.15) is 10.4 Å².